The largest absolute Gasteiger partial charge is 0.304 e. The van der Waals surface area contributed by atoms with Crippen molar-refractivity contribution in [3.05, 3.63) is 66.0 Å². The van der Waals surface area contributed by atoms with Crippen molar-refractivity contribution in [2.45, 2.75) is 12.3 Å². The van der Waals surface area contributed by atoms with Crippen molar-refractivity contribution < 1.29 is 0 Å². The molecule has 0 spiro atoms. The first-order valence-corrected chi connectivity index (χ1v) is 8.96. The Hall–Kier alpha value is -1.64. The second kappa shape index (κ2) is 10.6. The Morgan fingerprint density at radius 3 is 2.22 bits per heavy atom. The highest BCUT2D eigenvalue weighted by molar-refractivity contribution is 5.85. The molecule has 6 heteroatoms. The van der Waals surface area contributed by atoms with Crippen LogP contribution in [0.5, 0.6) is 0 Å². The summed E-state index contributed by atoms with van der Waals surface area (Å²) in [5.74, 6) is 0.137. The molecule has 2 atom stereocenters. The quantitative estimate of drug-likeness (QED) is 0.760. The lowest BCUT2D eigenvalue weighted by Gasteiger charge is -2.39. The van der Waals surface area contributed by atoms with Crippen molar-refractivity contribution in [1.29, 1.82) is 5.26 Å². The highest BCUT2D eigenvalue weighted by Crippen LogP contribution is 2.38. The second-order valence-corrected chi connectivity index (χ2v) is 7.01. The monoisotopic (exact) mass is 406 g/mol. The van der Waals surface area contributed by atoms with Gasteiger partial charge in [0.25, 0.3) is 0 Å². The predicted molar refractivity (Wildman–Crippen MR) is 115 cm³/mol. The number of rotatable bonds is 5. The van der Waals surface area contributed by atoms with E-state index in [4.69, 9.17) is 0 Å². The Morgan fingerprint density at radius 2 is 1.67 bits per heavy atom. The molecule has 2 heterocycles. The van der Waals surface area contributed by atoms with Gasteiger partial charge in [0.15, 0.2) is 0 Å². The zero-order chi connectivity index (χ0) is 17.7. The van der Waals surface area contributed by atoms with Crippen LogP contribution in [0.25, 0.3) is 0 Å². The van der Waals surface area contributed by atoms with Crippen molar-refractivity contribution in [1.82, 2.24) is 14.8 Å². The molecule has 4 nitrogen and oxygen atoms in total. The molecule has 1 aliphatic rings. The lowest BCUT2D eigenvalue weighted by molar-refractivity contribution is 0.129. The summed E-state index contributed by atoms with van der Waals surface area (Å²) in [6, 6.07) is 18.6. The van der Waals surface area contributed by atoms with Crippen LogP contribution in [-0.4, -0.2) is 54.6 Å². The van der Waals surface area contributed by atoms with E-state index in [1.807, 2.05) is 36.4 Å². The van der Waals surface area contributed by atoms with Crippen molar-refractivity contribution in [2.75, 3.05) is 39.8 Å². The van der Waals surface area contributed by atoms with Crippen molar-refractivity contribution in [2.24, 2.45) is 5.92 Å². The van der Waals surface area contributed by atoms with Gasteiger partial charge in [-0.2, -0.15) is 5.26 Å². The van der Waals surface area contributed by atoms with E-state index in [-0.39, 0.29) is 30.7 Å². The summed E-state index contributed by atoms with van der Waals surface area (Å²) in [7, 11) is 2.16. The summed E-state index contributed by atoms with van der Waals surface area (Å²) in [4.78, 5) is 9.41. The van der Waals surface area contributed by atoms with E-state index in [0.29, 0.717) is 0 Å². The Balaban J connectivity index is 0.00000182. The number of hydrogen-bond acceptors (Lipinski definition) is 4. The third kappa shape index (κ3) is 5.00. The number of nitriles is 1. The van der Waals surface area contributed by atoms with Gasteiger partial charge in [0.05, 0.1) is 11.8 Å². The maximum atomic E-state index is 10.3. The predicted octanol–water partition coefficient (Wildman–Crippen LogP) is 3.62. The molecular formula is C21H28Cl2N4. The Bertz CT molecular complexity index is 670. The maximum absolute atomic E-state index is 10.3. The summed E-state index contributed by atoms with van der Waals surface area (Å²) in [6.07, 6.45) is 1.78. The third-order valence-corrected chi connectivity index (χ3v) is 5.34. The van der Waals surface area contributed by atoms with Crippen LogP contribution < -0.4 is 0 Å². The molecule has 2 unspecified atom stereocenters. The van der Waals surface area contributed by atoms with Crippen LogP contribution in [0.3, 0.4) is 0 Å². The van der Waals surface area contributed by atoms with Crippen molar-refractivity contribution >= 4 is 24.8 Å². The standard InChI is InChI=1S/C21H26N4.2ClH/c1-18(16-25-14-12-24(2)13-15-25)21(17-22,19-8-4-3-5-9-19)20-10-6-7-11-23-20;;/h3-11,18H,12-16H2,1-2H3;2*1H. The molecule has 1 aromatic heterocycles. The Labute approximate surface area is 175 Å². The van der Waals surface area contributed by atoms with Gasteiger partial charge in [-0.1, -0.05) is 43.3 Å². The number of hydrogen-bond donors (Lipinski definition) is 0. The number of nitrogens with zero attached hydrogens (tertiary/aromatic N) is 4. The fraction of sp³-hybridized carbons (Fsp3) is 0.429. The molecular weight excluding hydrogens is 379 g/mol. The maximum Gasteiger partial charge on any atom is 0.128 e. The fourth-order valence-electron chi connectivity index (χ4n) is 3.77. The van der Waals surface area contributed by atoms with Gasteiger partial charge in [0, 0.05) is 38.9 Å². The molecule has 0 radical (unpaired) electrons. The smallest absolute Gasteiger partial charge is 0.128 e. The van der Waals surface area contributed by atoms with Gasteiger partial charge in [-0.3, -0.25) is 4.98 Å². The van der Waals surface area contributed by atoms with Gasteiger partial charge in [0.2, 0.25) is 0 Å². The topological polar surface area (TPSA) is 43.2 Å². The molecule has 1 saturated heterocycles. The minimum Gasteiger partial charge on any atom is -0.304 e. The van der Waals surface area contributed by atoms with Gasteiger partial charge < -0.3 is 9.80 Å². The van der Waals surface area contributed by atoms with Crippen LogP contribution in [0.4, 0.5) is 0 Å². The minimum absolute atomic E-state index is 0. The zero-order valence-electron chi connectivity index (χ0n) is 15.9. The molecule has 3 rings (SSSR count). The Morgan fingerprint density at radius 1 is 1.04 bits per heavy atom. The van der Waals surface area contributed by atoms with E-state index in [1.165, 1.54) is 0 Å². The number of likely N-dealkylation sites (N-methyl/N-ethyl adjacent to an activating group) is 1. The second-order valence-electron chi connectivity index (χ2n) is 7.01. The molecule has 1 fully saturated rings. The van der Waals surface area contributed by atoms with E-state index in [0.717, 1.165) is 44.0 Å². The average Bonchev–Trinajstić information content (AvgIpc) is 2.66. The van der Waals surface area contributed by atoms with Crippen LogP contribution in [0.1, 0.15) is 18.2 Å². The molecule has 0 aliphatic carbocycles. The third-order valence-electron chi connectivity index (χ3n) is 5.34. The summed E-state index contributed by atoms with van der Waals surface area (Å²) in [5.41, 5.74) is 1.13. The summed E-state index contributed by atoms with van der Waals surface area (Å²) < 4.78 is 0. The van der Waals surface area contributed by atoms with Gasteiger partial charge in [-0.25, -0.2) is 0 Å². The van der Waals surface area contributed by atoms with Gasteiger partial charge >= 0.3 is 0 Å². The molecule has 0 N–H and O–H groups in total. The van der Waals surface area contributed by atoms with E-state index < -0.39 is 5.41 Å². The number of halogens is 2. The van der Waals surface area contributed by atoms with Crippen LogP contribution in [0, 0.1) is 17.2 Å². The average molecular weight is 407 g/mol. The number of aromatic nitrogens is 1. The lowest BCUT2D eigenvalue weighted by Crippen LogP contribution is -2.49. The lowest BCUT2D eigenvalue weighted by atomic mass is 9.69. The number of benzene rings is 1. The van der Waals surface area contributed by atoms with Crippen molar-refractivity contribution in [3.8, 4) is 6.07 Å². The van der Waals surface area contributed by atoms with E-state index in [2.05, 4.69) is 47.0 Å². The summed E-state index contributed by atoms with van der Waals surface area (Å²) >= 11 is 0. The van der Waals surface area contributed by atoms with E-state index >= 15 is 0 Å². The first-order valence-electron chi connectivity index (χ1n) is 8.96. The molecule has 27 heavy (non-hydrogen) atoms. The number of piperazine rings is 1. The van der Waals surface area contributed by atoms with Crippen LogP contribution in [-0.2, 0) is 5.41 Å². The molecule has 0 saturated carbocycles. The Kier molecular flexibility index (Phi) is 9.21. The van der Waals surface area contributed by atoms with Crippen LogP contribution in [0.15, 0.2) is 54.7 Å². The molecule has 0 bridgehead atoms. The van der Waals surface area contributed by atoms with Crippen molar-refractivity contribution in [3.63, 3.8) is 0 Å². The highest BCUT2D eigenvalue weighted by atomic mass is 35.5. The fourth-order valence-corrected chi connectivity index (χ4v) is 3.77. The van der Waals surface area contributed by atoms with Crippen LogP contribution in [0.2, 0.25) is 0 Å². The minimum atomic E-state index is -0.730. The zero-order valence-corrected chi connectivity index (χ0v) is 17.5. The highest BCUT2D eigenvalue weighted by Gasteiger charge is 2.42. The van der Waals surface area contributed by atoms with E-state index in [9.17, 15) is 5.26 Å². The molecule has 0 amide bonds. The molecule has 1 aliphatic heterocycles. The SMILES string of the molecule is CC(CN1CCN(C)CC1)C(C#N)(c1ccccc1)c1ccccn1.Cl.Cl. The van der Waals surface area contributed by atoms with Gasteiger partial charge in [-0.05, 0) is 30.7 Å². The first kappa shape index (κ1) is 23.4. The van der Waals surface area contributed by atoms with Crippen LogP contribution >= 0.6 is 24.8 Å². The summed E-state index contributed by atoms with van der Waals surface area (Å²) in [6.45, 7) is 7.36. The first-order chi connectivity index (χ1) is 12.2. The number of pyridine rings is 1. The molecule has 146 valence electrons. The molecule has 1 aromatic carbocycles. The molecule has 2 aromatic rings. The van der Waals surface area contributed by atoms with E-state index in [1.54, 1.807) is 6.20 Å². The van der Waals surface area contributed by atoms with Gasteiger partial charge in [0.1, 0.15) is 5.41 Å². The van der Waals surface area contributed by atoms with Gasteiger partial charge in [-0.15, -0.1) is 24.8 Å². The normalized spacial score (nSPS) is 18.3. The summed E-state index contributed by atoms with van der Waals surface area (Å²) in [5, 5.41) is 10.3.